The molecule has 0 bridgehead atoms. The van der Waals surface area contributed by atoms with Gasteiger partial charge in [0, 0.05) is 5.25 Å². The Hall–Kier alpha value is 0.460. The highest BCUT2D eigenvalue weighted by atomic mass is 32.1. The van der Waals surface area contributed by atoms with E-state index in [0.29, 0.717) is 11.7 Å². The van der Waals surface area contributed by atoms with Crippen LogP contribution in [0, 0.1) is 0 Å². The molecule has 0 aromatic rings. The molecule has 0 fully saturated rings. The smallest absolute Gasteiger partial charge is 0.303 e. The van der Waals surface area contributed by atoms with Crippen molar-refractivity contribution in [3.63, 3.8) is 0 Å². The molecular weight excluding hydrogens is 247 g/mol. The molecule has 0 saturated heterocycles. The Labute approximate surface area is 103 Å². The van der Waals surface area contributed by atoms with Gasteiger partial charge in [-0.3, -0.25) is 4.52 Å². The summed E-state index contributed by atoms with van der Waals surface area (Å²) in [5.74, 6) is 0. The Morgan fingerprint density at radius 3 is 2.38 bits per heavy atom. The predicted molar refractivity (Wildman–Crippen MR) is 68.8 cm³/mol. The van der Waals surface area contributed by atoms with Crippen LogP contribution in [0.3, 0.4) is 0 Å². The van der Waals surface area contributed by atoms with Crippen LogP contribution in [0.25, 0.3) is 0 Å². The van der Waals surface area contributed by atoms with Crippen molar-refractivity contribution in [2.75, 3.05) is 6.61 Å². The highest BCUT2D eigenvalue weighted by Crippen LogP contribution is 2.35. The normalized spacial score (nSPS) is 14.0. The Kier molecular flexibility index (Phi) is 9.76. The van der Waals surface area contributed by atoms with Crippen LogP contribution < -0.4 is 0 Å². The average Bonchev–Trinajstić information content (AvgIpc) is 2.18. The van der Waals surface area contributed by atoms with Gasteiger partial charge in [-0.1, -0.05) is 32.6 Å². The molecule has 4 nitrogen and oxygen atoms in total. The fourth-order valence-electron chi connectivity index (χ4n) is 1.45. The second-order valence-corrected chi connectivity index (χ2v) is 5.94. The van der Waals surface area contributed by atoms with Gasteiger partial charge in [0.1, 0.15) is 0 Å². The second kappa shape index (κ2) is 9.49. The standard InChI is InChI=1S/C10H23O4PS/c1-2-3-4-5-7-10(16)8-6-9-14-15(11,12)13/h10,16H,2-9H2,1H3,(H2,11,12,13). The number of hydrogen-bond donors (Lipinski definition) is 3. The van der Waals surface area contributed by atoms with Gasteiger partial charge in [0.05, 0.1) is 6.61 Å². The zero-order valence-electron chi connectivity index (χ0n) is 9.84. The van der Waals surface area contributed by atoms with Gasteiger partial charge in [0.15, 0.2) is 0 Å². The van der Waals surface area contributed by atoms with Crippen molar-refractivity contribution in [3.8, 4) is 0 Å². The van der Waals surface area contributed by atoms with E-state index in [0.717, 1.165) is 12.8 Å². The number of thiol groups is 1. The van der Waals surface area contributed by atoms with Crippen LogP contribution >= 0.6 is 20.5 Å². The van der Waals surface area contributed by atoms with Crippen LogP contribution in [-0.2, 0) is 9.09 Å². The maximum Gasteiger partial charge on any atom is 0.469 e. The Bertz CT molecular complexity index is 207. The summed E-state index contributed by atoms with van der Waals surface area (Å²) in [7, 11) is -4.28. The number of unbranched alkanes of at least 4 members (excludes halogenated alkanes) is 3. The highest BCUT2D eigenvalue weighted by molar-refractivity contribution is 7.80. The zero-order valence-corrected chi connectivity index (χ0v) is 11.6. The molecule has 0 aliphatic heterocycles. The summed E-state index contributed by atoms with van der Waals surface area (Å²) in [5, 5.41) is 0.317. The van der Waals surface area contributed by atoms with E-state index >= 15 is 0 Å². The third-order valence-electron chi connectivity index (χ3n) is 2.33. The van der Waals surface area contributed by atoms with Gasteiger partial charge in [0.2, 0.25) is 0 Å². The van der Waals surface area contributed by atoms with Gasteiger partial charge in [-0.2, -0.15) is 12.6 Å². The monoisotopic (exact) mass is 270 g/mol. The number of hydrogen-bond acceptors (Lipinski definition) is 3. The molecule has 0 aromatic heterocycles. The lowest BCUT2D eigenvalue weighted by Gasteiger charge is -2.10. The van der Waals surface area contributed by atoms with Crippen LogP contribution in [0.4, 0.5) is 0 Å². The van der Waals surface area contributed by atoms with Crippen molar-refractivity contribution in [3.05, 3.63) is 0 Å². The third-order valence-corrected chi connectivity index (χ3v) is 3.37. The third kappa shape index (κ3) is 12.5. The lowest BCUT2D eigenvalue weighted by atomic mass is 10.1. The first-order valence-corrected chi connectivity index (χ1v) is 7.88. The molecule has 0 aliphatic rings. The van der Waals surface area contributed by atoms with E-state index in [-0.39, 0.29) is 6.61 Å². The molecule has 16 heavy (non-hydrogen) atoms. The minimum absolute atomic E-state index is 0.107. The van der Waals surface area contributed by atoms with Crippen molar-refractivity contribution in [1.29, 1.82) is 0 Å². The summed E-state index contributed by atoms with van der Waals surface area (Å²) in [6.45, 7) is 2.29. The van der Waals surface area contributed by atoms with Gasteiger partial charge < -0.3 is 9.79 Å². The van der Waals surface area contributed by atoms with Gasteiger partial charge in [0.25, 0.3) is 0 Å². The summed E-state index contributed by atoms with van der Waals surface area (Å²) in [5.41, 5.74) is 0. The molecule has 1 atom stereocenters. The first-order chi connectivity index (χ1) is 7.45. The molecule has 0 radical (unpaired) electrons. The molecular formula is C10H23O4PS. The van der Waals surface area contributed by atoms with Gasteiger partial charge in [-0.05, 0) is 19.3 Å². The maximum atomic E-state index is 10.4. The maximum absolute atomic E-state index is 10.4. The quantitative estimate of drug-likeness (QED) is 0.324. The van der Waals surface area contributed by atoms with Gasteiger partial charge in [-0.25, -0.2) is 4.57 Å². The summed E-state index contributed by atoms with van der Waals surface area (Å²) >= 11 is 4.43. The van der Waals surface area contributed by atoms with Crippen LogP contribution in [-0.4, -0.2) is 21.6 Å². The lowest BCUT2D eigenvalue weighted by molar-refractivity contribution is 0.193. The Balaban J connectivity index is 3.30. The van der Waals surface area contributed by atoms with E-state index < -0.39 is 7.82 Å². The highest BCUT2D eigenvalue weighted by Gasteiger charge is 2.13. The fourth-order valence-corrected chi connectivity index (χ4v) is 2.19. The number of rotatable bonds is 10. The molecule has 1 unspecified atom stereocenters. The van der Waals surface area contributed by atoms with Crippen molar-refractivity contribution in [2.45, 2.75) is 57.1 Å². The van der Waals surface area contributed by atoms with Gasteiger partial charge >= 0.3 is 7.82 Å². The summed E-state index contributed by atoms with van der Waals surface area (Å²) in [6.07, 6.45) is 7.48. The summed E-state index contributed by atoms with van der Waals surface area (Å²) in [4.78, 5) is 16.9. The predicted octanol–water partition coefficient (Wildman–Crippen LogP) is 3.14. The summed E-state index contributed by atoms with van der Waals surface area (Å²) in [6, 6.07) is 0. The van der Waals surface area contributed by atoms with Crippen molar-refractivity contribution >= 4 is 20.5 Å². The summed E-state index contributed by atoms with van der Waals surface area (Å²) < 4.78 is 14.7. The van der Waals surface area contributed by atoms with Crippen molar-refractivity contribution in [1.82, 2.24) is 0 Å². The largest absolute Gasteiger partial charge is 0.469 e. The molecule has 0 saturated carbocycles. The first kappa shape index (κ1) is 16.5. The Morgan fingerprint density at radius 2 is 1.81 bits per heavy atom. The minimum atomic E-state index is -4.28. The van der Waals surface area contributed by atoms with E-state index in [1.165, 1.54) is 25.7 Å². The van der Waals surface area contributed by atoms with Gasteiger partial charge in [-0.15, -0.1) is 0 Å². The molecule has 6 heteroatoms. The van der Waals surface area contributed by atoms with Crippen molar-refractivity contribution in [2.24, 2.45) is 0 Å². The Morgan fingerprint density at radius 1 is 1.19 bits per heavy atom. The SMILES string of the molecule is CCCCCCC(S)CCCOP(=O)(O)O. The molecule has 0 amide bonds. The minimum Gasteiger partial charge on any atom is -0.303 e. The molecule has 2 N–H and O–H groups in total. The molecule has 0 aliphatic carbocycles. The second-order valence-electron chi connectivity index (χ2n) is 3.97. The number of phosphoric ester groups is 1. The lowest BCUT2D eigenvalue weighted by Crippen LogP contribution is -2.01. The average molecular weight is 270 g/mol. The van der Waals surface area contributed by atoms with Crippen LogP contribution in [0.2, 0.25) is 0 Å². The molecule has 0 aromatic carbocycles. The van der Waals surface area contributed by atoms with Crippen LogP contribution in [0.15, 0.2) is 0 Å². The molecule has 0 spiro atoms. The van der Waals surface area contributed by atoms with E-state index in [2.05, 4.69) is 24.1 Å². The zero-order chi connectivity index (χ0) is 12.4. The first-order valence-electron chi connectivity index (χ1n) is 5.84. The molecule has 0 rings (SSSR count). The number of phosphoric acid groups is 1. The van der Waals surface area contributed by atoms with E-state index in [4.69, 9.17) is 9.79 Å². The van der Waals surface area contributed by atoms with Crippen molar-refractivity contribution < 1.29 is 18.9 Å². The van der Waals surface area contributed by atoms with E-state index in [1.807, 2.05) is 0 Å². The molecule has 98 valence electrons. The van der Waals surface area contributed by atoms with Crippen LogP contribution in [0.5, 0.6) is 0 Å². The molecule has 0 heterocycles. The van der Waals surface area contributed by atoms with E-state index in [1.54, 1.807) is 0 Å². The topological polar surface area (TPSA) is 66.8 Å². The van der Waals surface area contributed by atoms with Crippen LogP contribution in [0.1, 0.15) is 51.9 Å². The van der Waals surface area contributed by atoms with E-state index in [9.17, 15) is 4.57 Å². The fraction of sp³-hybridized carbons (Fsp3) is 1.00.